The highest BCUT2D eigenvalue weighted by Crippen LogP contribution is 2.27. The van der Waals surface area contributed by atoms with Crippen LogP contribution in [0.25, 0.3) is 0 Å². The lowest BCUT2D eigenvalue weighted by molar-refractivity contribution is 0.509. The smallest absolute Gasteiger partial charge is 0.0414 e. The predicted molar refractivity (Wildman–Crippen MR) is 68.1 cm³/mol. The van der Waals surface area contributed by atoms with Crippen molar-refractivity contribution >= 4 is 5.69 Å². The quantitative estimate of drug-likeness (QED) is 0.756. The highest BCUT2D eigenvalue weighted by Gasteiger charge is 2.15. The molecular formula is C14H21N. The van der Waals surface area contributed by atoms with Gasteiger partial charge in [0.2, 0.25) is 0 Å². The Balaban J connectivity index is 2.90. The van der Waals surface area contributed by atoms with Gasteiger partial charge in [0, 0.05) is 16.8 Å². The fraction of sp³-hybridized carbons (Fsp3) is 0.429. The van der Waals surface area contributed by atoms with Gasteiger partial charge in [0.1, 0.15) is 0 Å². The van der Waals surface area contributed by atoms with Crippen LogP contribution in [0.5, 0.6) is 0 Å². The van der Waals surface area contributed by atoms with Gasteiger partial charge in [-0.1, -0.05) is 39.5 Å². The molecule has 0 fully saturated rings. The zero-order chi connectivity index (χ0) is 11.6. The maximum Gasteiger partial charge on any atom is 0.0414 e. The molecule has 1 aromatic carbocycles. The Kier molecular flexibility index (Phi) is 3.23. The standard InChI is InChI=1S/C14H21N/c1-10-7-8-11(2)13(9-10)15-12(3)14(4,5)6/h7-9,15H,3H2,1-2,4-6H3. The molecule has 1 rings (SSSR count). The third-order valence-corrected chi connectivity index (χ3v) is 2.58. The van der Waals surface area contributed by atoms with Crippen LogP contribution in [-0.4, -0.2) is 0 Å². The van der Waals surface area contributed by atoms with E-state index in [0.29, 0.717) is 0 Å². The summed E-state index contributed by atoms with van der Waals surface area (Å²) in [5, 5.41) is 3.40. The van der Waals surface area contributed by atoms with Crippen LogP contribution in [0, 0.1) is 19.3 Å². The number of aryl methyl sites for hydroxylation is 2. The van der Waals surface area contributed by atoms with Crippen LogP contribution >= 0.6 is 0 Å². The number of anilines is 1. The van der Waals surface area contributed by atoms with Crippen molar-refractivity contribution in [3.63, 3.8) is 0 Å². The van der Waals surface area contributed by atoms with Crippen LogP contribution < -0.4 is 5.32 Å². The topological polar surface area (TPSA) is 12.0 Å². The van der Waals surface area contributed by atoms with Crippen LogP contribution in [0.15, 0.2) is 30.5 Å². The first-order chi connectivity index (χ1) is 6.80. The van der Waals surface area contributed by atoms with E-state index in [0.717, 1.165) is 11.4 Å². The Morgan fingerprint density at radius 3 is 2.33 bits per heavy atom. The molecule has 0 radical (unpaired) electrons. The zero-order valence-corrected chi connectivity index (χ0v) is 10.4. The van der Waals surface area contributed by atoms with E-state index in [-0.39, 0.29) is 5.41 Å². The lowest BCUT2D eigenvalue weighted by atomic mass is 9.92. The van der Waals surface area contributed by atoms with E-state index < -0.39 is 0 Å². The van der Waals surface area contributed by atoms with Gasteiger partial charge in [-0.15, -0.1) is 0 Å². The van der Waals surface area contributed by atoms with E-state index in [2.05, 4.69) is 64.7 Å². The van der Waals surface area contributed by atoms with E-state index >= 15 is 0 Å². The summed E-state index contributed by atoms with van der Waals surface area (Å²) in [6.07, 6.45) is 0. The second-order valence-corrected chi connectivity index (χ2v) is 5.17. The Morgan fingerprint density at radius 2 is 1.80 bits per heavy atom. The SMILES string of the molecule is C=C(Nc1cc(C)ccc1C)C(C)(C)C. The highest BCUT2D eigenvalue weighted by molar-refractivity contribution is 5.56. The Hall–Kier alpha value is -1.24. The molecule has 0 aliphatic heterocycles. The number of nitrogens with one attached hydrogen (secondary N) is 1. The Morgan fingerprint density at radius 1 is 1.20 bits per heavy atom. The molecule has 0 aliphatic carbocycles. The minimum absolute atomic E-state index is 0.0934. The predicted octanol–water partition coefficient (Wildman–Crippen LogP) is 4.28. The summed E-state index contributed by atoms with van der Waals surface area (Å²) in [6.45, 7) is 14.8. The molecule has 0 spiro atoms. The molecule has 15 heavy (non-hydrogen) atoms. The van der Waals surface area contributed by atoms with Crippen molar-refractivity contribution in [2.45, 2.75) is 34.6 Å². The lowest BCUT2D eigenvalue weighted by Crippen LogP contribution is -2.16. The van der Waals surface area contributed by atoms with Gasteiger partial charge >= 0.3 is 0 Å². The molecule has 1 nitrogen and oxygen atoms in total. The molecule has 0 unspecified atom stereocenters. The fourth-order valence-corrected chi connectivity index (χ4v) is 1.22. The molecule has 82 valence electrons. The van der Waals surface area contributed by atoms with Gasteiger partial charge in [-0.05, 0) is 31.0 Å². The van der Waals surface area contributed by atoms with Crippen molar-refractivity contribution in [1.29, 1.82) is 0 Å². The molecule has 0 amide bonds. The summed E-state index contributed by atoms with van der Waals surface area (Å²) < 4.78 is 0. The molecule has 0 aliphatic rings. The molecule has 1 heteroatoms. The van der Waals surface area contributed by atoms with Crippen molar-refractivity contribution in [2.75, 3.05) is 5.32 Å². The monoisotopic (exact) mass is 203 g/mol. The van der Waals surface area contributed by atoms with Gasteiger partial charge < -0.3 is 5.32 Å². The summed E-state index contributed by atoms with van der Waals surface area (Å²) in [4.78, 5) is 0. The molecule has 0 saturated heterocycles. The minimum Gasteiger partial charge on any atom is -0.359 e. The van der Waals surface area contributed by atoms with Gasteiger partial charge in [0.25, 0.3) is 0 Å². The Bertz CT molecular complexity index is 369. The fourth-order valence-electron chi connectivity index (χ4n) is 1.22. The van der Waals surface area contributed by atoms with Crippen LogP contribution in [0.2, 0.25) is 0 Å². The van der Waals surface area contributed by atoms with Gasteiger partial charge in [-0.2, -0.15) is 0 Å². The van der Waals surface area contributed by atoms with E-state index in [1.807, 2.05) is 0 Å². The number of rotatable bonds is 2. The number of hydrogen-bond donors (Lipinski definition) is 1. The second kappa shape index (κ2) is 4.09. The number of allylic oxidation sites excluding steroid dienone is 1. The lowest BCUT2D eigenvalue weighted by Gasteiger charge is -2.24. The molecule has 0 aromatic heterocycles. The van der Waals surface area contributed by atoms with Crippen molar-refractivity contribution in [1.82, 2.24) is 0 Å². The maximum absolute atomic E-state index is 4.08. The average molecular weight is 203 g/mol. The van der Waals surface area contributed by atoms with Crippen LogP contribution in [0.1, 0.15) is 31.9 Å². The largest absolute Gasteiger partial charge is 0.359 e. The molecule has 0 saturated carbocycles. The van der Waals surface area contributed by atoms with E-state index in [1.54, 1.807) is 0 Å². The summed E-state index contributed by atoms with van der Waals surface area (Å²) >= 11 is 0. The molecule has 1 N–H and O–H groups in total. The van der Waals surface area contributed by atoms with Crippen molar-refractivity contribution in [2.24, 2.45) is 5.41 Å². The summed E-state index contributed by atoms with van der Waals surface area (Å²) in [5.74, 6) is 0. The third-order valence-electron chi connectivity index (χ3n) is 2.58. The van der Waals surface area contributed by atoms with Crippen LogP contribution in [-0.2, 0) is 0 Å². The maximum atomic E-state index is 4.08. The zero-order valence-electron chi connectivity index (χ0n) is 10.4. The first-order valence-electron chi connectivity index (χ1n) is 5.34. The minimum atomic E-state index is 0.0934. The molecule has 0 heterocycles. The van der Waals surface area contributed by atoms with Gasteiger partial charge in [-0.3, -0.25) is 0 Å². The van der Waals surface area contributed by atoms with Gasteiger partial charge in [0.15, 0.2) is 0 Å². The molecule has 0 bridgehead atoms. The first kappa shape index (κ1) is 11.8. The summed E-state index contributed by atoms with van der Waals surface area (Å²) in [5.41, 5.74) is 4.83. The molecular weight excluding hydrogens is 182 g/mol. The van der Waals surface area contributed by atoms with E-state index in [1.165, 1.54) is 11.1 Å². The Labute approximate surface area is 93.2 Å². The number of benzene rings is 1. The van der Waals surface area contributed by atoms with Crippen molar-refractivity contribution < 1.29 is 0 Å². The molecule has 1 aromatic rings. The van der Waals surface area contributed by atoms with E-state index in [9.17, 15) is 0 Å². The van der Waals surface area contributed by atoms with E-state index in [4.69, 9.17) is 0 Å². The first-order valence-corrected chi connectivity index (χ1v) is 5.34. The molecule has 0 atom stereocenters. The van der Waals surface area contributed by atoms with Gasteiger partial charge in [-0.25, -0.2) is 0 Å². The van der Waals surface area contributed by atoms with Crippen molar-refractivity contribution in [3.8, 4) is 0 Å². The van der Waals surface area contributed by atoms with Gasteiger partial charge in [0.05, 0.1) is 0 Å². The normalized spacial score (nSPS) is 11.3. The summed E-state index contributed by atoms with van der Waals surface area (Å²) in [7, 11) is 0. The van der Waals surface area contributed by atoms with Crippen LogP contribution in [0.3, 0.4) is 0 Å². The third kappa shape index (κ3) is 3.12. The average Bonchev–Trinajstić information content (AvgIpc) is 2.09. The summed E-state index contributed by atoms with van der Waals surface area (Å²) in [6, 6.07) is 6.42. The van der Waals surface area contributed by atoms with Crippen LogP contribution in [0.4, 0.5) is 5.69 Å². The number of hydrogen-bond acceptors (Lipinski definition) is 1. The highest BCUT2D eigenvalue weighted by atomic mass is 14.9. The second-order valence-electron chi connectivity index (χ2n) is 5.17. The van der Waals surface area contributed by atoms with Crippen molar-refractivity contribution in [3.05, 3.63) is 41.6 Å².